The Labute approximate surface area is 130 Å². The van der Waals surface area contributed by atoms with Gasteiger partial charge in [0.2, 0.25) is 0 Å². The van der Waals surface area contributed by atoms with E-state index in [0.29, 0.717) is 52.4 Å². The maximum atomic E-state index is 10.6. The number of amides is 4. The van der Waals surface area contributed by atoms with Crippen molar-refractivity contribution in [2.45, 2.75) is 25.7 Å². The standard InChI is InChI=1S/C12H28N6O4/c13-11(19)17(15)5-3-9-21-7-1-2-8-22-10-4-6-18(16)12(14)20/h1-10,15-16H2,(H2,13,19)(H2,14,20). The first kappa shape index (κ1) is 20.4. The number of ether oxygens (including phenoxy) is 2. The van der Waals surface area contributed by atoms with E-state index in [2.05, 4.69) is 0 Å². The van der Waals surface area contributed by atoms with Crippen molar-refractivity contribution in [1.82, 2.24) is 10.0 Å². The average Bonchev–Trinajstić information content (AvgIpc) is 2.47. The first-order valence-corrected chi connectivity index (χ1v) is 7.24. The van der Waals surface area contributed by atoms with Gasteiger partial charge in [-0.3, -0.25) is 10.0 Å². The molecule has 0 saturated heterocycles. The summed E-state index contributed by atoms with van der Waals surface area (Å²) in [6.07, 6.45) is 3.05. The third-order valence-electron chi connectivity index (χ3n) is 2.77. The van der Waals surface area contributed by atoms with E-state index in [-0.39, 0.29) is 0 Å². The van der Waals surface area contributed by atoms with Crippen molar-refractivity contribution in [3.8, 4) is 0 Å². The Balaban J connectivity index is 3.18. The summed E-state index contributed by atoms with van der Waals surface area (Å²) < 4.78 is 10.8. The quantitative estimate of drug-likeness (QED) is 0.148. The van der Waals surface area contributed by atoms with Gasteiger partial charge in [-0.2, -0.15) is 0 Å². The summed E-state index contributed by atoms with van der Waals surface area (Å²) >= 11 is 0. The Morgan fingerprint density at radius 1 is 0.682 bits per heavy atom. The molecule has 10 nitrogen and oxygen atoms in total. The van der Waals surface area contributed by atoms with E-state index < -0.39 is 12.1 Å². The highest BCUT2D eigenvalue weighted by Crippen LogP contribution is 1.95. The predicted molar refractivity (Wildman–Crippen MR) is 81.1 cm³/mol. The van der Waals surface area contributed by atoms with Crippen molar-refractivity contribution in [2.75, 3.05) is 39.5 Å². The molecule has 0 bridgehead atoms. The van der Waals surface area contributed by atoms with Crippen LogP contribution in [0.2, 0.25) is 0 Å². The normalized spacial score (nSPS) is 10.5. The van der Waals surface area contributed by atoms with Gasteiger partial charge >= 0.3 is 12.1 Å². The van der Waals surface area contributed by atoms with E-state index in [1.807, 2.05) is 0 Å². The lowest BCUT2D eigenvalue weighted by atomic mass is 10.3. The van der Waals surface area contributed by atoms with E-state index in [0.717, 1.165) is 22.9 Å². The number of urea groups is 2. The van der Waals surface area contributed by atoms with Gasteiger partial charge in [-0.25, -0.2) is 21.3 Å². The molecule has 8 N–H and O–H groups in total. The average molecular weight is 320 g/mol. The van der Waals surface area contributed by atoms with Gasteiger partial charge in [0.15, 0.2) is 0 Å². The molecule has 0 unspecified atom stereocenters. The molecule has 130 valence electrons. The molecule has 0 saturated carbocycles. The summed E-state index contributed by atoms with van der Waals surface area (Å²) in [6, 6.07) is -1.29. The zero-order valence-corrected chi connectivity index (χ0v) is 12.9. The summed E-state index contributed by atoms with van der Waals surface area (Å²) in [6.45, 7) is 3.07. The molecule has 4 amide bonds. The first-order chi connectivity index (χ1) is 10.4. The Hall–Kier alpha value is -1.62. The molecule has 0 aromatic heterocycles. The monoisotopic (exact) mass is 320 g/mol. The minimum absolute atomic E-state index is 0.377. The second kappa shape index (κ2) is 13.1. The third-order valence-corrected chi connectivity index (χ3v) is 2.77. The van der Waals surface area contributed by atoms with Gasteiger partial charge in [0.25, 0.3) is 0 Å². The summed E-state index contributed by atoms with van der Waals surface area (Å²) in [5.74, 6) is 10.6. The van der Waals surface area contributed by atoms with E-state index >= 15 is 0 Å². The number of primary amides is 2. The number of hydrogen-bond donors (Lipinski definition) is 4. The zero-order valence-electron chi connectivity index (χ0n) is 12.9. The van der Waals surface area contributed by atoms with Crippen molar-refractivity contribution in [2.24, 2.45) is 23.2 Å². The number of carbonyl (C=O) groups is 2. The molecule has 0 radical (unpaired) electrons. The number of unbranched alkanes of at least 4 members (excludes halogenated alkanes) is 1. The van der Waals surface area contributed by atoms with E-state index in [1.54, 1.807) is 0 Å². The molecule has 0 aliphatic carbocycles. The van der Waals surface area contributed by atoms with E-state index in [4.69, 9.17) is 32.6 Å². The lowest BCUT2D eigenvalue weighted by molar-refractivity contribution is 0.0950. The van der Waals surface area contributed by atoms with Gasteiger partial charge in [0.1, 0.15) is 0 Å². The van der Waals surface area contributed by atoms with Gasteiger partial charge in [-0.1, -0.05) is 0 Å². The van der Waals surface area contributed by atoms with Gasteiger partial charge in [-0.15, -0.1) is 0 Å². The number of nitrogens with two attached hydrogens (primary N) is 4. The molecular formula is C12H28N6O4. The van der Waals surface area contributed by atoms with Crippen molar-refractivity contribution in [1.29, 1.82) is 0 Å². The highest BCUT2D eigenvalue weighted by molar-refractivity contribution is 5.71. The summed E-state index contributed by atoms with van der Waals surface area (Å²) in [4.78, 5) is 21.2. The van der Waals surface area contributed by atoms with Crippen molar-refractivity contribution in [3.05, 3.63) is 0 Å². The number of hydrazine groups is 2. The Morgan fingerprint density at radius 3 is 1.32 bits per heavy atom. The summed E-state index contributed by atoms with van der Waals surface area (Å²) in [5, 5.41) is 1.91. The topological polar surface area (TPSA) is 163 Å². The summed E-state index contributed by atoms with van der Waals surface area (Å²) in [5.41, 5.74) is 9.94. The molecule has 0 aromatic carbocycles. The third kappa shape index (κ3) is 12.1. The van der Waals surface area contributed by atoms with Gasteiger partial charge in [-0.05, 0) is 25.7 Å². The fourth-order valence-electron chi connectivity index (χ4n) is 1.51. The number of nitrogens with zero attached hydrogens (tertiary/aromatic N) is 2. The molecule has 0 aliphatic rings. The predicted octanol–water partition coefficient (Wildman–Crippen LogP) is -0.911. The van der Waals surface area contributed by atoms with Gasteiger partial charge in [0.05, 0.1) is 0 Å². The van der Waals surface area contributed by atoms with Crippen LogP contribution in [-0.4, -0.2) is 61.6 Å². The maximum absolute atomic E-state index is 10.6. The second-order valence-electron chi connectivity index (χ2n) is 4.70. The number of rotatable bonds is 13. The van der Waals surface area contributed by atoms with Gasteiger partial charge < -0.3 is 20.9 Å². The van der Waals surface area contributed by atoms with E-state index in [9.17, 15) is 9.59 Å². The molecule has 0 heterocycles. The number of carbonyl (C=O) groups excluding carboxylic acids is 2. The van der Waals surface area contributed by atoms with Crippen LogP contribution in [0, 0.1) is 0 Å². The number of hydrogen-bond acceptors (Lipinski definition) is 6. The molecule has 0 fully saturated rings. The Morgan fingerprint density at radius 2 is 1.00 bits per heavy atom. The lowest BCUT2D eigenvalue weighted by Gasteiger charge is -2.13. The maximum Gasteiger partial charge on any atom is 0.328 e. The SMILES string of the molecule is NC(=O)N(N)CCCOCCCCOCCCN(N)C(N)=O. The minimum atomic E-state index is -0.647. The highest BCUT2D eigenvalue weighted by atomic mass is 16.5. The molecule has 22 heavy (non-hydrogen) atoms. The first-order valence-electron chi connectivity index (χ1n) is 7.24. The van der Waals surface area contributed by atoms with Crippen LogP contribution in [0.15, 0.2) is 0 Å². The highest BCUT2D eigenvalue weighted by Gasteiger charge is 2.03. The fraction of sp³-hybridized carbons (Fsp3) is 0.833. The molecule has 0 aliphatic heterocycles. The van der Waals surface area contributed by atoms with Crippen LogP contribution in [0.1, 0.15) is 25.7 Å². The smallest absolute Gasteiger partial charge is 0.328 e. The largest absolute Gasteiger partial charge is 0.381 e. The molecule has 0 atom stereocenters. The van der Waals surface area contributed by atoms with Crippen LogP contribution in [-0.2, 0) is 9.47 Å². The van der Waals surface area contributed by atoms with Crippen LogP contribution in [0.3, 0.4) is 0 Å². The molecule has 0 rings (SSSR count). The van der Waals surface area contributed by atoms with Crippen LogP contribution >= 0.6 is 0 Å². The van der Waals surface area contributed by atoms with Crippen molar-refractivity contribution >= 4 is 12.1 Å². The Kier molecular flexibility index (Phi) is 12.1. The van der Waals surface area contributed by atoms with Crippen LogP contribution < -0.4 is 23.2 Å². The second-order valence-corrected chi connectivity index (χ2v) is 4.70. The van der Waals surface area contributed by atoms with Gasteiger partial charge in [0, 0.05) is 39.5 Å². The van der Waals surface area contributed by atoms with Crippen LogP contribution in [0.4, 0.5) is 9.59 Å². The Bertz CT molecular complexity index is 288. The fourth-order valence-corrected chi connectivity index (χ4v) is 1.51. The molecule has 10 heteroatoms. The molecular weight excluding hydrogens is 292 g/mol. The van der Waals surface area contributed by atoms with Crippen molar-refractivity contribution in [3.63, 3.8) is 0 Å². The molecule has 0 aromatic rings. The molecule has 0 spiro atoms. The lowest BCUT2D eigenvalue weighted by Crippen LogP contribution is -2.42. The van der Waals surface area contributed by atoms with E-state index in [1.165, 1.54) is 0 Å². The van der Waals surface area contributed by atoms with Crippen LogP contribution in [0.25, 0.3) is 0 Å². The summed E-state index contributed by atoms with van der Waals surface area (Å²) in [7, 11) is 0. The zero-order chi connectivity index (χ0) is 16.8. The van der Waals surface area contributed by atoms with Crippen LogP contribution in [0.5, 0.6) is 0 Å². The van der Waals surface area contributed by atoms with Crippen molar-refractivity contribution < 1.29 is 19.1 Å². The minimum Gasteiger partial charge on any atom is -0.381 e.